The largest absolute Gasteiger partial charge is 0.489 e. The van der Waals surface area contributed by atoms with E-state index in [9.17, 15) is 0 Å². The summed E-state index contributed by atoms with van der Waals surface area (Å²) < 4.78 is 6.12. The van der Waals surface area contributed by atoms with Crippen LogP contribution in [0.4, 0.5) is 0 Å². The van der Waals surface area contributed by atoms with Gasteiger partial charge in [0.25, 0.3) is 0 Å². The second-order valence-electron chi connectivity index (χ2n) is 7.01. The Kier molecular flexibility index (Phi) is 4.62. The predicted octanol–water partition coefficient (Wildman–Crippen LogP) is 7.09. The molecule has 0 saturated carbocycles. The van der Waals surface area contributed by atoms with Crippen LogP contribution < -0.4 is 4.74 Å². The van der Waals surface area contributed by atoms with Crippen molar-refractivity contribution in [3.05, 3.63) is 90.0 Å². The molecule has 0 N–H and O–H groups in total. The normalized spacial score (nSPS) is 12.4. The molecule has 1 nitrogen and oxygen atoms in total. The Bertz CT molecular complexity index is 1050. The predicted molar refractivity (Wildman–Crippen MR) is 111 cm³/mol. The first kappa shape index (κ1) is 16.7. The second-order valence-corrected chi connectivity index (χ2v) is 7.01. The smallest absolute Gasteiger partial charge is 0.120 e. The summed E-state index contributed by atoms with van der Waals surface area (Å²) >= 11 is 0. The quantitative estimate of drug-likeness (QED) is 0.352. The van der Waals surface area contributed by atoms with Crippen molar-refractivity contribution in [2.45, 2.75) is 32.8 Å². The summed E-state index contributed by atoms with van der Waals surface area (Å²) in [7, 11) is 0. The van der Waals surface area contributed by atoms with Crippen molar-refractivity contribution in [3.63, 3.8) is 0 Å². The molecule has 0 aliphatic heterocycles. The zero-order chi connectivity index (χ0) is 17.9. The molecule has 1 heteroatoms. The SMILES string of the molecule is CCC(C)c1cccc(COc2ccc3ccc4ccccc4c3c2)c1. The minimum atomic E-state index is 0.585. The van der Waals surface area contributed by atoms with E-state index in [4.69, 9.17) is 4.74 Å². The van der Waals surface area contributed by atoms with E-state index >= 15 is 0 Å². The van der Waals surface area contributed by atoms with Crippen molar-refractivity contribution in [1.29, 1.82) is 0 Å². The van der Waals surface area contributed by atoms with Crippen LogP contribution in [-0.4, -0.2) is 0 Å². The van der Waals surface area contributed by atoms with Crippen LogP contribution in [0.15, 0.2) is 78.9 Å². The van der Waals surface area contributed by atoms with Crippen molar-refractivity contribution < 1.29 is 4.74 Å². The topological polar surface area (TPSA) is 9.23 Å². The summed E-state index contributed by atoms with van der Waals surface area (Å²) in [6.07, 6.45) is 1.15. The van der Waals surface area contributed by atoms with Gasteiger partial charge in [0.1, 0.15) is 12.4 Å². The molecular formula is C25H24O. The number of benzene rings is 4. The van der Waals surface area contributed by atoms with Crippen LogP contribution in [0.3, 0.4) is 0 Å². The molecule has 26 heavy (non-hydrogen) atoms. The average molecular weight is 340 g/mol. The molecule has 0 amide bonds. The van der Waals surface area contributed by atoms with Gasteiger partial charge in [0, 0.05) is 0 Å². The first-order valence-corrected chi connectivity index (χ1v) is 9.38. The van der Waals surface area contributed by atoms with Crippen LogP contribution in [0, 0.1) is 0 Å². The van der Waals surface area contributed by atoms with Gasteiger partial charge in [-0.15, -0.1) is 0 Å². The van der Waals surface area contributed by atoms with Crippen LogP contribution in [0.5, 0.6) is 5.75 Å². The maximum atomic E-state index is 6.12. The van der Waals surface area contributed by atoms with Gasteiger partial charge in [0.15, 0.2) is 0 Å². The molecule has 0 aromatic heterocycles. The van der Waals surface area contributed by atoms with E-state index in [1.54, 1.807) is 0 Å². The molecule has 130 valence electrons. The van der Waals surface area contributed by atoms with Crippen LogP contribution in [0.2, 0.25) is 0 Å². The highest BCUT2D eigenvalue weighted by molar-refractivity contribution is 6.07. The summed E-state index contributed by atoms with van der Waals surface area (Å²) in [5.74, 6) is 1.50. The zero-order valence-electron chi connectivity index (χ0n) is 15.4. The molecular weight excluding hydrogens is 316 g/mol. The van der Waals surface area contributed by atoms with E-state index in [0.29, 0.717) is 12.5 Å². The summed E-state index contributed by atoms with van der Waals surface area (Å²) in [6.45, 7) is 5.10. The minimum absolute atomic E-state index is 0.585. The highest BCUT2D eigenvalue weighted by atomic mass is 16.5. The Hall–Kier alpha value is -2.80. The average Bonchev–Trinajstić information content (AvgIpc) is 2.71. The fourth-order valence-corrected chi connectivity index (χ4v) is 3.46. The number of ether oxygens (including phenoxy) is 1. The number of rotatable bonds is 5. The first-order valence-electron chi connectivity index (χ1n) is 9.38. The molecule has 0 aliphatic carbocycles. The van der Waals surface area contributed by atoms with E-state index in [-0.39, 0.29) is 0 Å². The maximum absolute atomic E-state index is 6.12. The van der Waals surface area contributed by atoms with E-state index < -0.39 is 0 Å². The monoisotopic (exact) mass is 340 g/mol. The maximum Gasteiger partial charge on any atom is 0.120 e. The van der Waals surface area contributed by atoms with Crippen molar-refractivity contribution in [3.8, 4) is 5.75 Å². The van der Waals surface area contributed by atoms with Gasteiger partial charge >= 0.3 is 0 Å². The fourth-order valence-electron chi connectivity index (χ4n) is 3.46. The lowest BCUT2D eigenvalue weighted by Gasteiger charge is -2.12. The zero-order valence-corrected chi connectivity index (χ0v) is 15.4. The van der Waals surface area contributed by atoms with Crippen LogP contribution >= 0.6 is 0 Å². The Morgan fingerprint density at radius 1 is 0.769 bits per heavy atom. The van der Waals surface area contributed by atoms with Gasteiger partial charge in [-0.3, -0.25) is 0 Å². The lowest BCUT2D eigenvalue weighted by molar-refractivity contribution is 0.306. The lowest BCUT2D eigenvalue weighted by atomic mass is 9.97. The van der Waals surface area contributed by atoms with Crippen LogP contribution in [-0.2, 0) is 6.61 Å². The molecule has 0 radical (unpaired) electrons. The molecule has 0 spiro atoms. The summed E-state index contributed by atoms with van der Waals surface area (Å²) in [4.78, 5) is 0. The summed E-state index contributed by atoms with van der Waals surface area (Å²) in [5, 5.41) is 5.02. The lowest BCUT2D eigenvalue weighted by Crippen LogP contribution is -1.98. The Labute approximate surface area is 155 Å². The third-order valence-corrected chi connectivity index (χ3v) is 5.26. The Morgan fingerprint density at radius 3 is 2.38 bits per heavy atom. The molecule has 0 aliphatic rings. The van der Waals surface area contributed by atoms with Gasteiger partial charge in [-0.1, -0.05) is 80.6 Å². The van der Waals surface area contributed by atoms with Crippen molar-refractivity contribution in [2.24, 2.45) is 0 Å². The van der Waals surface area contributed by atoms with Crippen molar-refractivity contribution in [2.75, 3.05) is 0 Å². The van der Waals surface area contributed by atoms with Gasteiger partial charge < -0.3 is 4.74 Å². The van der Waals surface area contributed by atoms with Gasteiger partial charge in [-0.05, 0) is 57.1 Å². The molecule has 0 heterocycles. The van der Waals surface area contributed by atoms with E-state index in [1.165, 1.54) is 32.7 Å². The number of fused-ring (bicyclic) bond motifs is 3. The Balaban J connectivity index is 1.61. The third kappa shape index (κ3) is 3.30. The molecule has 0 saturated heterocycles. The number of hydrogen-bond acceptors (Lipinski definition) is 1. The van der Waals surface area contributed by atoms with Gasteiger partial charge in [0.2, 0.25) is 0 Å². The molecule has 4 aromatic rings. The second kappa shape index (κ2) is 7.21. The van der Waals surface area contributed by atoms with Crippen molar-refractivity contribution >= 4 is 21.5 Å². The van der Waals surface area contributed by atoms with Gasteiger partial charge in [-0.25, -0.2) is 0 Å². The van der Waals surface area contributed by atoms with Crippen LogP contribution in [0.25, 0.3) is 21.5 Å². The molecule has 0 bridgehead atoms. The molecule has 4 rings (SSSR count). The highest BCUT2D eigenvalue weighted by Gasteiger charge is 2.05. The number of hydrogen-bond donors (Lipinski definition) is 0. The minimum Gasteiger partial charge on any atom is -0.489 e. The third-order valence-electron chi connectivity index (χ3n) is 5.26. The Morgan fingerprint density at radius 2 is 1.54 bits per heavy atom. The van der Waals surface area contributed by atoms with Crippen molar-refractivity contribution in [1.82, 2.24) is 0 Å². The van der Waals surface area contributed by atoms with E-state index in [1.807, 2.05) is 0 Å². The van der Waals surface area contributed by atoms with Gasteiger partial charge in [-0.2, -0.15) is 0 Å². The molecule has 1 atom stereocenters. The fraction of sp³-hybridized carbons (Fsp3) is 0.200. The highest BCUT2D eigenvalue weighted by Crippen LogP contribution is 2.29. The molecule has 1 unspecified atom stereocenters. The molecule has 4 aromatic carbocycles. The van der Waals surface area contributed by atoms with E-state index in [0.717, 1.165) is 12.2 Å². The van der Waals surface area contributed by atoms with Gasteiger partial charge in [0.05, 0.1) is 0 Å². The summed E-state index contributed by atoms with van der Waals surface area (Å²) in [6, 6.07) is 28.0. The standard InChI is InChI=1S/C25H24O/c1-3-18(2)22-9-6-7-19(15-22)17-26-23-14-13-21-12-11-20-8-4-5-10-24(20)25(21)16-23/h4-16,18H,3,17H2,1-2H3. The molecule has 0 fully saturated rings. The van der Waals surface area contributed by atoms with E-state index in [2.05, 4.69) is 92.7 Å². The summed E-state index contributed by atoms with van der Waals surface area (Å²) in [5.41, 5.74) is 2.61. The first-order chi connectivity index (χ1) is 12.7. The van der Waals surface area contributed by atoms with Crippen LogP contribution in [0.1, 0.15) is 37.3 Å².